The smallest absolute Gasteiger partial charge is 0.321 e. The van der Waals surface area contributed by atoms with Crippen molar-refractivity contribution in [2.75, 3.05) is 5.32 Å². The van der Waals surface area contributed by atoms with Crippen LogP contribution in [-0.2, 0) is 12.7 Å². The van der Waals surface area contributed by atoms with Crippen molar-refractivity contribution in [1.82, 2.24) is 14.5 Å². The van der Waals surface area contributed by atoms with Gasteiger partial charge in [-0.1, -0.05) is 30.2 Å². The number of rotatable bonds is 5. The first-order valence-electron chi connectivity index (χ1n) is 9.33. The summed E-state index contributed by atoms with van der Waals surface area (Å²) in [5.41, 5.74) is 3.31. The number of nitrogens with one attached hydrogen (secondary N) is 1. The van der Waals surface area contributed by atoms with E-state index in [1.807, 2.05) is 0 Å². The molecule has 0 saturated carbocycles. The molecule has 9 heteroatoms. The number of carbonyl (C=O) groups is 1. The Hall–Kier alpha value is -3.90. The second-order valence-electron chi connectivity index (χ2n) is 6.77. The zero-order chi connectivity index (χ0) is 22.7. The van der Waals surface area contributed by atoms with Crippen LogP contribution in [0.25, 0.3) is 22.6 Å². The fourth-order valence-electron chi connectivity index (χ4n) is 3.08. The Kier molecular flexibility index (Phi) is 5.79. The number of hydrogen-bond acceptors (Lipinski definition) is 4. The van der Waals surface area contributed by atoms with Crippen LogP contribution in [0.5, 0.6) is 0 Å². The molecule has 5 nitrogen and oxygen atoms in total. The maximum Gasteiger partial charge on any atom is 0.416 e. The van der Waals surface area contributed by atoms with Crippen molar-refractivity contribution in [2.45, 2.75) is 12.7 Å². The fraction of sp³-hybridized carbons (Fsp3) is 0.0870. The molecule has 160 valence electrons. The summed E-state index contributed by atoms with van der Waals surface area (Å²) < 4.78 is 41.0. The van der Waals surface area contributed by atoms with Gasteiger partial charge in [0, 0.05) is 28.4 Å². The number of carbonyl (C=O) groups excluding carboxylic acids is 1. The van der Waals surface area contributed by atoms with Crippen LogP contribution >= 0.6 is 11.3 Å². The molecular formula is C23H15F3N4OS. The van der Waals surface area contributed by atoms with Crippen LogP contribution in [0, 0.1) is 12.3 Å². The molecule has 0 bridgehead atoms. The molecule has 0 unspecified atom stereocenters. The van der Waals surface area contributed by atoms with Crippen molar-refractivity contribution < 1.29 is 18.0 Å². The molecule has 32 heavy (non-hydrogen) atoms. The molecule has 0 saturated heterocycles. The molecule has 0 aliphatic rings. The highest BCUT2D eigenvalue weighted by molar-refractivity contribution is 7.07. The first-order chi connectivity index (χ1) is 15.3. The van der Waals surface area contributed by atoms with E-state index in [1.54, 1.807) is 52.0 Å². The molecule has 2 aromatic heterocycles. The van der Waals surface area contributed by atoms with Gasteiger partial charge in [0.1, 0.15) is 11.5 Å². The molecule has 0 radical (unpaired) electrons. The number of benzene rings is 2. The van der Waals surface area contributed by atoms with Crippen molar-refractivity contribution >= 4 is 22.9 Å². The summed E-state index contributed by atoms with van der Waals surface area (Å²) in [6, 6.07) is 11.9. The van der Waals surface area contributed by atoms with E-state index < -0.39 is 11.7 Å². The number of terminal acetylenes is 1. The van der Waals surface area contributed by atoms with Gasteiger partial charge in [0.25, 0.3) is 5.91 Å². The van der Waals surface area contributed by atoms with Crippen LogP contribution in [0.15, 0.2) is 65.6 Å². The molecule has 0 spiro atoms. The number of hydrogen-bond donors (Lipinski definition) is 1. The zero-order valence-electron chi connectivity index (χ0n) is 16.4. The topological polar surface area (TPSA) is 59.8 Å². The van der Waals surface area contributed by atoms with Gasteiger partial charge in [-0.15, -0.1) is 17.8 Å². The number of nitrogens with zero attached hydrogens (tertiary/aromatic N) is 3. The summed E-state index contributed by atoms with van der Waals surface area (Å²) in [5.74, 6) is 2.52. The number of alkyl halides is 3. The monoisotopic (exact) mass is 452 g/mol. The van der Waals surface area contributed by atoms with Crippen molar-refractivity contribution in [2.24, 2.45) is 0 Å². The Balaban J connectivity index is 1.62. The maximum atomic E-state index is 13.1. The zero-order valence-corrected chi connectivity index (χ0v) is 17.2. The molecule has 0 atom stereocenters. The van der Waals surface area contributed by atoms with E-state index in [-0.39, 0.29) is 12.5 Å². The minimum absolute atomic E-state index is 0.153. The second-order valence-corrected chi connectivity index (χ2v) is 7.48. The van der Waals surface area contributed by atoms with Gasteiger partial charge < -0.3 is 9.88 Å². The van der Waals surface area contributed by atoms with Gasteiger partial charge in [-0.25, -0.2) is 9.97 Å². The third-order valence-corrected chi connectivity index (χ3v) is 5.18. The first kappa shape index (κ1) is 21.3. The molecule has 0 fully saturated rings. The summed E-state index contributed by atoms with van der Waals surface area (Å²) in [4.78, 5) is 20.6. The van der Waals surface area contributed by atoms with E-state index in [9.17, 15) is 18.0 Å². The van der Waals surface area contributed by atoms with Gasteiger partial charge in [0.05, 0.1) is 23.3 Å². The molecular weight excluding hydrogens is 437 g/mol. The molecule has 0 aliphatic heterocycles. The summed E-state index contributed by atoms with van der Waals surface area (Å²) in [7, 11) is 0. The Bertz CT molecular complexity index is 1290. The van der Waals surface area contributed by atoms with E-state index in [2.05, 4.69) is 21.2 Å². The van der Waals surface area contributed by atoms with Gasteiger partial charge in [0.15, 0.2) is 0 Å². The van der Waals surface area contributed by atoms with E-state index in [0.29, 0.717) is 28.5 Å². The van der Waals surface area contributed by atoms with Crippen LogP contribution in [0.2, 0.25) is 0 Å². The van der Waals surface area contributed by atoms with Gasteiger partial charge in [-0.05, 0) is 24.3 Å². The van der Waals surface area contributed by atoms with Crippen molar-refractivity contribution in [3.63, 3.8) is 0 Å². The molecule has 1 N–H and O–H groups in total. The Morgan fingerprint density at radius 3 is 2.59 bits per heavy atom. The van der Waals surface area contributed by atoms with Gasteiger partial charge >= 0.3 is 6.18 Å². The van der Waals surface area contributed by atoms with Gasteiger partial charge in [-0.2, -0.15) is 13.2 Å². The van der Waals surface area contributed by atoms with Crippen LogP contribution in [0.1, 0.15) is 16.1 Å². The molecule has 2 heterocycles. The van der Waals surface area contributed by atoms with Gasteiger partial charge in [-0.3, -0.25) is 4.79 Å². The average molecular weight is 452 g/mol. The molecule has 2 aromatic carbocycles. The van der Waals surface area contributed by atoms with Crippen molar-refractivity contribution in [1.29, 1.82) is 0 Å². The third-order valence-electron chi connectivity index (χ3n) is 4.59. The standard InChI is InChI=1S/C23H15F3N4OS/c1-2-10-30-12-19(29-21(30)16-4-3-5-17(11-16)23(24,25)26)15-6-8-18(9-7-15)28-22(31)20-13-32-14-27-20/h1,3-9,11-14H,10H2,(H,28,31). The number of thiazole rings is 1. The number of anilines is 1. The van der Waals surface area contributed by atoms with Crippen molar-refractivity contribution in [3.8, 4) is 35.0 Å². The van der Waals surface area contributed by atoms with Crippen molar-refractivity contribution in [3.05, 3.63) is 76.9 Å². The lowest BCUT2D eigenvalue weighted by molar-refractivity contribution is -0.137. The van der Waals surface area contributed by atoms with Crippen LogP contribution in [-0.4, -0.2) is 20.4 Å². The molecule has 0 aliphatic carbocycles. The fourth-order valence-corrected chi connectivity index (χ4v) is 3.62. The molecule has 4 rings (SSSR count). The second kappa shape index (κ2) is 8.69. The predicted molar refractivity (Wildman–Crippen MR) is 117 cm³/mol. The van der Waals surface area contributed by atoms with Crippen LogP contribution in [0.3, 0.4) is 0 Å². The average Bonchev–Trinajstić information content (AvgIpc) is 3.45. The number of halogens is 3. The normalized spacial score (nSPS) is 11.2. The third kappa shape index (κ3) is 4.55. The maximum absolute atomic E-state index is 13.1. The number of amides is 1. The molecule has 1 amide bonds. The molecule has 4 aromatic rings. The van der Waals surface area contributed by atoms with Gasteiger partial charge in [0.2, 0.25) is 0 Å². The van der Waals surface area contributed by atoms with Crippen LogP contribution < -0.4 is 5.32 Å². The SMILES string of the molecule is C#CCn1cc(-c2ccc(NC(=O)c3cscn3)cc2)nc1-c1cccc(C(F)(F)F)c1. The van der Waals surface area contributed by atoms with E-state index in [1.165, 1.54) is 17.4 Å². The van der Waals surface area contributed by atoms with Crippen LogP contribution in [0.4, 0.5) is 18.9 Å². The highest BCUT2D eigenvalue weighted by Gasteiger charge is 2.30. The highest BCUT2D eigenvalue weighted by Crippen LogP contribution is 2.33. The lowest BCUT2D eigenvalue weighted by atomic mass is 10.1. The highest BCUT2D eigenvalue weighted by atomic mass is 32.1. The lowest BCUT2D eigenvalue weighted by Crippen LogP contribution is -2.11. The number of imidazole rings is 1. The summed E-state index contributed by atoms with van der Waals surface area (Å²) >= 11 is 1.33. The quantitative estimate of drug-likeness (QED) is 0.402. The van der Waals surface area contributed by atoms with E-state index in [0.717, 1.165) is 17.7 Å². The Labute approximate surface area is 185 Å². The van der Waals surface area contributed by atoms with E-state index in [4.69, 9.17) is 6.42 Å². The summed E-state index contributed by atoms with van der Waals surface area (Å²) in [5, 5.41) is 4.40. The van der Waals surface area contributed by atoms with E-state index >= 15 is 0 Å². The minimum Gasteiger partial charge on any atom is -0.321 e. The summed E-state index contributed by atoms with van der Waals surface area (Å²) in [6.45, 7) is 0.153. The first-order valence-corrected chi connectivity index (χ1v) is 10.3. The minimum atomic E-state index is -4.46. The Morgan fingerprint density at radius 1 is 1.16 bits per heavy atom. The lowest BCUT2D eigenvalue weighted by Gasteiger charge is -2.09. The largest absolute Gasteiger partial charge is 0.416 e. The predicted octanol–water partition coefficient (Wildman–Crippen LogP) is 5.58. The summed E-state index contributed by atoms with van der Waals surface area (Å²) in [6.07, 6.45) is 2.67. The Morgan fingerprint density at radius 2 is 1.94 bits per heavy atom. The number of aromatic nitrogens is 3.